The van der Waals surface area contributed by atoms with Crippen LogP contribution in [0.5, 0.6) is 0 Å². The van der Waals surface area contributed by atoms with E-state index in [1.165, 1.54) is 6.92 Å². The second-order valence-corrected chi connectivity index (χ2v) is 9.31. The van der Waals surface area contributed by atoms with Crippen LogP contribution in [0.25, 0.3) is 11.1 Å². The van der Waals surface area contributed by atoms with E-state index in [0.717, 1.165) is 28.7 Å². The number of aliphatic carboxylic acids is 1. The van der Waals surface area contributed by atoms with Gasteiger partial charge >= 0.3 is 12.1 Å². The number of aliphatic hydroxyl groups excluding tert-OH is 1. The maximum Gasteiger partial charge on any atom is 0.407 e. The summed E-state index contributed by atoms with van der Waals surface area (Å²) in [6.07, 6.45) is 1.88. The minimum absolute atomic E-state index is 0.0322. The van der Waals surface area contributed by atoms with Crippen molar-refractivity contribution in [3.05, 3.63) is 59.7 Å². The molecule has 2 aromatic rings. The van der Waals surface area contributed by atoms with Crippen LogP contribution in [-0.4, -0.2) is 53.0 Å². The average Bonchev–Trinajstić information content (AvgIpc) is 3.16. The number of benzene rings is 2. The molecular weight excluding hydrogens is 436 g/mol. The fourth-order valence-electron chi connectivity index (χ4n) is 4.90. The van der Waals surface area contributed by atoms with Gasteiger partial charge in [0.25, 0.3) is 0 Å². The van der Waals surface area contributed by atoms with Crippen molar-refractivity contribution in [3.8, 4) is 11.1 Å². The quantitative estimate of drug-likeness (QED) is 0.497. The molecule has 3 unspecified atom stereocenters. The van der Waals surface area contributed by atoms with Crippen molar-refractivity contribution in [1.29, 1.82) is 0 Å². The molecule has 8 heteroatoms. The highest BCUT2D eigenvalue weighted by molar-refractivity contribution is 5.88. The lowest BCUT2D eigenvalue weighted by Crippen LogP contribution is -2.57. The number of amides is 2. The normalized spacial score (nSPS) is 21.0. The van der Waals surface area contributed by atoms with Crippen LogP contribution in [0.2, 0.25) is 0 Å². The zero-order chi connectivity index (χ0) is 24.3. The fraction of sp³-hybridized carbons (Fsp3) is 0.423. The van der Waals surface area contributed by atoms with Crippen molar-refractivity contribution in [2.75, 3.05) is 13.2 Å². The predicted octanol–water partition coefficient (Wildman–Crippen LogP) is 3.04. The highest BCUT2D eigenvalue weighted by Crippen LogP contribution is 2.44. The van der Waals surface area contributed by atoms with Gasteiger partial charge in [0.2, 0.25) is 5.91 Å². The van der Waals surface area contributed by atoms with E-state index in [1.807, 2.05) is 24.3 Å². The van der Waals surface area contributed by atoms with Gasteiger partial charge in [0.05, 0.1) is 6.61 Å². The van der Waals surface area contributed by atoms with Gasteiger partial charge in [-0.15, -0.1) is 0 Å². The first-order valence-corrected chi connectivity index (χ1v) is 11.6. The average molecular weight is 467 g/mol. The summed E-state index contributed by atoms with van der Waals surface area (Å²) < 4.78 is 5.61. The van der Waals surface area contributed by atoms with Crippen LogP contribution in [-0.2, 0) is 14.3 Å². The van der Waals surface area contributed by atoms with Crippen molar-refractivity contribution >= 4 is 18.0 Å². The van der Waals surface area contributed by atoms with E-state index in [2.05, 4.69) is 34.9 Å². The molecule has 2 aromatic carbocycles. The molecule has 0 heterocycles. The number of carboxylic acids is 1. The molecule has 0 aromatic heterocycles. The number of fused-ring (bicyclic) bond motifs is 3. The van der Waals surface area contributed by atoms with E-state index in [0.29, 0.717) is 19.3 Å². The second-order valence-electron chi connectivity index (χ2n) is 9.31. The molecule has 1 saturated carbocycles. The molecule has 1 fully saturated rings. The maximum absolute atomic E-state index is 12.6. The highest BCUT2D eigenvalue weighted by atomic mass is 16.5. The van der Waals surface area contributed by atoms with Gasteiger partial charge in [-0.25, -0.2) is 9.59 Å². The fourth-order valence-corrected chi connectivity index (χ4v) is 4.90. The van der Waals surface area contributed by atoms with Crippen molar-refractivity contribution < 1.29 is 29.3 Å². The number of rotatable bonds is 7. The second kappa shape index (κ2) is 9.85. The van der Waals surface area contributed by atoms with Crippen LogP contribution in [0.4, 0.5) is 4.79 Å². The van der Waals surface area contributed by atoms with E-state index < -0.39 is 36.0 Å². The Bertz CT molecular complexity index is 1040. The zero-order valence-corrected chi connectivity index (χ0v) is 19.1. The van der Waals surface area contributed by atoms with Gasteiger partial charge in [-0.1, -0.05) is 55.0 Å². The molecule has 0 bridgehead atoms. The number of hydrogen-bond donors (Lipinski definition) is 4. The molecule has 4 N–H and O–H groups in total. The number of carbonyl (C=O) groups is 3. The summed E-state index contributed by atoms with van der Waals surface area (Å²) >= 11 is 0. The van der Waals surface area contributed by atoms with E-state index >= 15 is 0 Å². The number of carbonyl (C=O) groups excluding carboxylic acids is 2. The number of alkyl carbamates (subject to hydrolysis) is 1. The van der Waals surface area contributed by atoms with Gasteiger partial charge < -0.3 is 25.6 Å². The lowest BCUT2D eigenvalue weighted by atomic mass is 9.84. The summed E-state index contributed by atoms with van der Waals surface area (Å²) in [6, 6.07) is 16.0. The first kappa shape index (κ1) is 23.8. The summed E-state index contributed by atoms with van der Waals surface area (Å²) in [5, 5.41) is 24.0. The Balaban J connectivity index is 1.33. The van der Waals surface area contributed by atoms with Crippen LogP contribution in [0.15, 0.2) is 48.5 Å². The lowest BCUT2D eigenvalue weighted by molar-refractivity contribution is -0.149. The standard InChI is InChI=1S/C26H30N2O6/c1-26(15-29,24(31)32)28-23(30)16-7-6-8-17(13-16)27-25(33)34-14-22-20-11-4-2-9-18(20)19-10-3-5-12-21(19)22/h2-5,9-12,16-17,22,29H,6-8,13-15H2,1H3,(H,27,33)(H,28,30)(H,31,32). The van der Waals surface area contributed by atoms with Crippen molar-refractivity contribution in [2.24, 2.45) is 5.92 Å². The summed E-state index contributed by atoms with van der Waals surface area (Å²) in [6.45, 7) is 0.772. The van der Waals surface area contributed by atoms with Gasteiger partial charge in [-0.2, -0.15) is 0 Å². The van der Waals surface area contributed by atoms with Crippen molar-refractivity contribution in [1.82, 2.24) is 10.6 Å². The molecule has 0 aliphatic heterocycles. The molecule has 2 amide bonds. The smallest absolute Gasteiger partial charge is 0.407 e. The Morgan fingerprint density at radius 1 is 1.03 bits per heavy atom. The van der Waals surface area contributed by atoms with Gasteiger partial charge in [-0.3, -0.25) is 4.79 Å². The highest BCUT2D eigenvalue weighted by Gasteiger charge is 2.38. The number of nitrogens with one attached hydrogen (secondary N) is 2. The van der Waals surface area contributed by atoms with Crippen LogP contribution in [0.3, 0.4) is 0 Å². The number of hydrogen-bond acceptors (Lipinski definition) is 5. The summed E-state index contributed by atoms with van der Waals surface area (Å²) in [4.78, 5) is 36.6. The molecule has 2 aliphatic rings. The Labute approximate surface area is 198 Å². The number of carboxylic acid groups (broad SMARTS) is 1. The Morgan fingerprint density at radius 3 is 2.24 bits per heavy atom. The minimum atomic E-state index is -1.73. The third-order valence-electron chi connectivity index (χ3n) is 6.90. The topological polar surface area (TPSA) is 125 Å². The van der Waals surface area contributed by atoms with Crippen molar-refractivity contribution in [3.63, 3.8) is 0 Å². The Hall–Kier alpha value is -3.39. The van der Waals surface area contributed by atoms with Crippen LogP contribution >= 0.6 is 0 Å². The molecule has 3 atom stereocenters. The molecule has 34 heavy (non-hydrogen) atoms. The van der Waals surface area contributed by atoms with Gasteiger partial charge in [0.15, 0.2) is 5.54 Å². The van der Waals surface area contributed by atoms with Gasteiger partial charge in [-0.05, 0) is 48.4 Å². The summed E-state index contributed by atoms with van der Waals surface area (Å²) in [5.74, 6) is -2.21. The van der Waals surface area contributed by atoms with E-state index in [4.69, 9.17) is 4.74 Å². The summed E-state index contributed by atoms with van der Waals surface area (Å²) in [5.41, 5.74) is 2.85. The lowest BCUT2D eigenvalue weighted by Gasteiger charge is -2.31. The molecule has 2 aliphatic carbocycles. The number of ether oxygens (including phenoxy) is 1. The molecule has 0 spiro atoms. The predicted molar refractivity (Wildman–Crippen MR) is 125 cm³/mol. The van der Waals surface area contributed by atoms with Crippen molar-refractivity contribution in [2.45, 2.75) is 50.1 Å². The first-order chi connectivity index (χ1) is 16.3. The van der Waals surface area contributed by atoms with Gasteiger partial charge in [0.1, 0.15) is 6.61 Å². The zero-order valence-electron chi connectivity index (χ0n) is 19.1. The van der Waals surface area contributed by atoms with E-state index in [1.54, 1.807) is 0 Å². The van der Waals surface area contributed by atoms with Gasteiger partial charge in [0, 0.05) is 17.9 Å². The molecule has 0 radical (unpaired) electrons. The van der Waals surface area contributed by atoms with Crippen LogP contribution in [0, 0.1) is 5.92 Å². The molecular formula is C26H30N2O6. The van der Waals surface area contributed by atoms with E-state index in [9.17, 15) is 24.6 Å². The SMILES string of the molecule is CC(CO)(NC(=O)C1CCCC(NC(=O)OCC2c3ccccc3-c3ccccc32)C1)C(=O)O. The molecule has 0 saturated heterocycles. The van der Waals surface area contributed by atoms with Crippen LogP contribution in [0.1, 0.15) is 49.7 Å². The molecule has 180 valence electrons. The summed E-state index contributed by atoms with van der Waals surface area (Å²) in [7, 11) is 0. The Kier molecular flexibility index (Phi) is 6.88. The first-order valence-electron chi connectivity index (χ1n) is 11.6. The third kappa shape index (κ3) is 4.77. The number of aliphatic hydroxyl groups is 1. The maximum atomic E-state index is 12.6. The Morgan fingerprint density at radius 2 is 1.65 bits per heavy atom. The molecule has 4 rings (SSSR count). The largest absolute Gasteiger partial charge is 0.479 e. The van der Waals surface area contributed by atoms with Crippen LogP contribution < -0.4 is 10.6 Å². The monoisotopic (exact) mass is 466 g/mol. The van der Waals surface area contributed by atoms with E-state index in [-0.39, 0.29) is 18.6 Å². The molecule has 8 nitrogen and oxygen atoms in total. The third-order valence-corrected chi connectivity index (χ3v) is 6.90. The minimum Gasteiger partial charge on any atom is -0.479 e.